The fourth-order valence-electron chi connectivity index (χ4n) is 3.04. The maximum atomic E-state index is 11.1. The Morgan fingerprint density at radius 1 is 1.30 bits per heavy atom. The first kappa shape index (κ1) is 15.6. The summed E-state index contributed by atoms with van der Waals surface area (Å²) in [5, 5.41) is 9.18. The number of β-amino-alcohol motifs (C(OH)–C–C–N with tert-alkyl or cyclic N) is 1. The fraction of sp³-hybridized carbons (Fsp3) is 0.353. The minimum atomic E-state index is -0.447. The number of nitrogens with zero attached hydrogens (tertiary/aromatic N) is 3. The van der Waals surface area contributed by atoms with Gasteiger partial charge in [-0.15, -0.1) is 0 Å². The van der Waals surface area contributed by atoms with Gasteiger partial charge in [0.2, 0.25) is 5.91 Å². The van der Waals surface area contributed by atoms with Crippen molar-refractivity contribution in [3.63, 3.8) is 0 Å². The zero-order valence-electron chi connectivity index (χ0n) is 12.9. The lowest BCUT2D eigenvalue weighted by Gasteiger charge is -2.23. The van der Waals surface area contributed by atoms with Crippen LogP contribution in [0.2, 0.25) is 0 Å². The molecule has 1 fully saturated rings. The Hall–Kier alpha value is -2.31. The zero-order chi connectivity index (χ0) is 16.2. The smallest absolute Gasteiger partial charge is 0.248 e. The second-order valence-corrected chi connectivity index (χ2v) is 5.66. The van der Waals surface area contributed by atoms with Crippen LogP contribution in [0.15, 0.2) is 36.5 Å². The topological polar surface area (TPSA) is 92.3 Å². The summed E-state index contributed by atoms with van der Waals surface area (Å²) in [5.74, 6) is 0.186. The molecule has 0 unspecified atom stereocenters. The number of primary amides is 1. The minimum absolute atomic E-state index is 0.156. The number of carbonyl (C=O) groups excluding carboxylic acids is 1. The lowest BCUT2D eigenvalue weighted by molar-refractivity contribution is 0.100. The van der Waals surface area contributed by atoms with Crippen LogP contribution in [-0.2, 0) is 0 Å². The summed E-state index contributed by atoms with van der Waals surface area (Å²) in [6.45, 7) is 1.80. The number of likely N-dealkylation sites (tertiary alicyclic amines) is 1. The van der Waals surface area contributed by atoms with Crippen molar-refractivity contribution in [3.05, 3.63) is 47.8 Å². The van der Waals surface area contributed by atoms with Crippen LogP contribution in [0.5, 0.6) is 0 Å². The maximum Gasteiger partial charge on any atom is 0.248 e. The van der Waals surface area contributed by atoms with Crippen molar-refractivity contribution >= 4 is 5.91 Å². The molecule has 0 bridgehead atoms. The molecule has 120 valence electrons. The first-order chi connectivity index (χ1) is 11.2. The molecule has 23 heavy (non-hydrogen) atoms. The van der Waals surface area contributed by atoms with Gasteiger partial charge in [0, 0.05) is 23.9 Å². The van der Waals surface area contributed by atoms with E-state index in [-0.39, 0.29) is 12.6 Å². The van der Waals surface area contributed by atoms with E-state index in [1.807, 2.05) is 6.07 Å². The molecule has 2 aromatic rings. The van der Waals surface area contributed by atoms with Gasteiger partial charge < -0.3 is 10.8 Å². The summed E-state index contributed by atoms with van der Waals surface area (Å²) >= 11 is 0. The molecule has 0 spiro atoms. The van der Waals surface area contributed by atoms with E-state index >= 15 is 0 Å². The second-order valence-electron chi connectivity index (χ2n) is 5.66. The second kappa shape index (κ2) is 6.85. The number of amides is 1. The van der Waals surface area contributed by atoms with E-state index in [0.29, 0.717) is 17.9 Å². The summed E-state index contributed by atoms with van der Waals surface area (Å²) < 4.78 is 0. The summed E-state index contributed by atoms with van der Waals surface area (Å²) in [4.78, 5) is 22.4. The Balaban J connectivity index is 1.86. The van der Waals surface area contributed by atoms with Gasteiger partial charge in [-0.05, 0) is 37.6 Å². The molecule has 3 rings (SSSR count). The number of benzene rings is 1. The molecule has 0 radical (unpaired) electrons. The van der Waals surface area contributed by atoms with Gasteiger partial charge in [0.05, 0.1) is 18.3 Å². The van der Waals surface area contributed by atoms with Crippen molar-refractivity contribution in [1.82, 2.24) is 14.9 Å². The van der Waals surface area contributed by atoms with Crippen molar-refractivity contribution in [1.29, 1.82) is 0 Å². The van der Waals surface area contributed by atoms with Crippen LogP contribution >= 0.6 is 0 Å². The first-order valence-corrected chi connectivity index (χ1v) is 7.77. The molecule has 0 saturated carbocycles. The number of aliphatic hydroxyl groups excluding tert-OH is 1. The average molecular weight is 312 g/mol. The molecule has 3 N–H and O–H groups in total. The summed E-state index contributed by atoms with van der Waals surface area (Å²) in [7, 11) is 0. The van der Waals surface area contributed by atoms with Gasteiger partial charge in [0.15, 0.2) is 5.82 Å². The fourth-order valence-corrected chi connectivity index (χ4v) is 3.04. The van der Waals surface area contributed by atoms with Gasteiger partial charge >= 0.3 is 0 Å². The van der Waals surface area contributed by atoms with Crippen molar-refractivity contribution in [2.45, 2.75) is 18.9 Å². The van der Waals surface area contributed by atoms with E-state index in [4.69, 9.17) is 5.73 Å². The standard InChI is InChI=1S/C17H20N4O2/c18-16(23)12-3-5-13(6-4-12)17-19-8-7-14(20-17)15-2-1-9-21(15)10-11-22/h3-8,15,22H,1-2,9-11H2,(H2,18,23)/t15-/m0/s1. The molecule has 1 aliphatic rings. The highest BCUT2D eigenvalue weighted by atomic mass is 16.3. The van der Waals surface area contributed by atoms with E-state index < -0.39 is 5.91 Å². The average Bonchev–Trinajstić information content (AvgIpc) is 3.04. The molecule has 0 aliphatic carbocycles. The molecular formula is C17H20N4O2. The van der Waals surface area contributed by atoms with Gasteiger partial charge in [-0.25, -0.2) is 9.97 Å². The Bertz CT molecular complexity index is 687. The van der Waals surface area contributed by atoms with E-state index in [0.717, 1.165) is 30.6 Å². The lowest BCUT2D eigenvalue weighted by atomic mass is 10.1. The monoisotopic (exact) mass is 312 g/mol. The van der Waals surface area contributed by atoms with Gasteiger partial charge in [-0.3, -0.25) is 9.69 Å². The third-order valence-corrected chi connectivity index (χ3v) is 4.20. The normalized spacial score (nSPS) is 18.2. The number of carbonyl (C=O) groups is 1. The quantitative estimate of drug-likeness (QED) is 0.870. The molecule has 1 amide bonds. The molecule has 6 nitrogen and oxygen atoms in total. The molecule has 2 heterocycles. The Morgan fingerprint density at radius 2 is 2.09 bits per heavy atom. The zero-order valence-corrected chi connectivity index (χ0v) is 12.9. The number of hydrogen-bond acceptors (Lipinski definition) is 5. The predicted octanol–water partition coefficient (Wildman–Crippen LogP) is 1.37. The molecular weight excluding hydrogens is 292 g/mol. The van der Waals surface area contributed by atoms with Gasteiger partial charge in [0.25, 0.3) is 0 Å². The maximum absolute atomic E-state index is 11.1. The highest BCUT2D eigenvalue weighted by molar-refractivity contribution is 5.93. The van der Waals surface area contributed by atoms with Crippen LogP contribution in [0, 0.1) is 0 Å². The summed E-state index contributed by atoms with van der Waals surface area (Å²) in [6.07, 6.45) is 3.91. The van der Waals surface area contributed by atoms with Gasteiger partial charge in [-0.2, -0.15) is 0 Å². The van der Waals surface area contributed by atoms with E-state index in [2.05, 4.69) is 14.9 Å². The van der Waals surface area contributed by atoms with E-state index in [1.54, 1.807) is 30.5 Å². The molecule has 1 saturated heterocycles. The van der Waals surface area contributed by atoms with E-state index in [1.165, 1.54) is 0 Å². The minimum Gasteiger partial charge on any atom is -0.395 e. The number of aliphatic hydroxyl groups is 1. The number of rotatable bonds is 5. The van der Waals surface area contributed by atoms with Crippen LogP contribution in [0.25, 0.3) is 11.4 Å². The largest absolute Gasteiger partial charge is 0.395 e. The summed E-state index contributed by atoms with van der Waals surface area (Å²) in [6, 6.07) is 9.14. The molecule has 1 atom stereocenters. The third kappa shape index (κ3) is 3.38. The van der Waals surface area contributed by atoms with Crippen LogP contribution in [0.1, 0.15) is 34.9 Å². The SMILES string of the molecule is NC(=O)c1ccc(-c2nccc([C@@H]3CCCN3CCO)n2)cc1. The van der Waals surface area contributed by atoms with Crippen LogP contribution in [0.4, 0.5) is 0 Å². The number of aromatic nitrogens is 2. The third-order valence-electron chi connectivity index (χ3n) is 4.20. The summed E-state index contributed by atoms with van der Waals surface area (Å²) in [5.41, 5.74) is 7.55. The molecule has 1 aliphatic heterocycles. The first-order valence-electron chi connectivity index (χ1n) is 7.77. The Morgan fingerprint density at radius 3 is 2.78 bits per heavy atom. The van der Waals surface area contributed by atoms with Crippen molar-refractivity contribution < 1.29 is 9.90 Å². The molecule has 1 aromatic carbocycles. The van der Waals surface area contributed by atoms with Crippen LogP contribution in [0.3, 0.4) is 0 Å². The van der Waals surface area contributed by atoms with Crippen molar-refractivity contribution in [2.24, 2.45) is 5.73 Å². The highest BCUT2D eigenvalue weighted by Crippen LogP contribution is 2.31. The molecule has 6 heteroatoms. The van der Waals surface area contributed by atoms with Crippen molar-refractivity contribution in [2.75, 3.05) is 19.7 Å². The number of nitrogens with two attached hydrogens (primary N) is 1. The van der Waals surface area contributed by atoms with Crippen LogP contribution in [-0.4, -0.2) is 45.6 Å². The van der Waals surface area contributed by atoms with Crippen molar-refractivity contribution in [3.8, 4) is 11.4 Å². The van der Waals surface area contributed by atoms with Crippen LogP contribution < -0.4 is 5.73 Å². The Kier molecular flexibility index (Phi) is 4.64. The number of hydrogen-bond donors (Lipinski definition) is 2. The predicted molar refractivity (Wildman–Crippen MR) is 86.6 cm³/mol. The van der Waals surface area contributed by atoms with Gasteiger partial charge in [-0.1, -0.05) is 12.1 Å². The Labute approximate surface area is 135 Å². The van der Waals surface area contributed by atoms with E-state index in [9.17, 15) is 9.90 Å². The van der Waals surface area contributed by atoms with Gasteiger partial charge in [0.1, 0.15) is 0 Å². The highest BCUT2D eigenvalue weighted by Gasteiger charge is 2.26. The molecule has 1 aromatic heterocycles. The lowest BCUT2D eigenvalue weighted by Crippen LogP contribution is -2.27.